The molecule has 0 amide bonds. The number of benzene rings is 4. The largest absolute Gasteiger partial charge is 0.330 e. The van der Waals surface area contributed by atoms with Crippen LogP contribution in [0.2, 0.25) is 0 Å². The summed E-state index contributed by atoms with van der Waals surface area (Å²) in [5, 5.41) is 5.05. The molecule has 4 N–H and O–H groups in total. The second-order valence-corrected chi connectivity index (χ2v) is 7.84. The van der Waals surface area contributed by atoms with Gasteiger partial charge >= 0.3 is 0 Å². The maximum atomic E-state index is 7.06. The number of hydrogen-bond acceptors (Lipinski definition) is 2. The molecule has 0 bridgehead atoms. The van der Waals surface area contributed by atoms with E-state index in [2.05, 4.69) is 97.1 Å². The normalized spacial score (nSPS) is 12.2. The maximum Gasteiger partial charge on any atom is 0.0421 e. The van der Waals surface area contributed by atoms with Crippen molar-refractivity contribution in [3.05, 3.63) is 108 Å². The van der Waals surface area contributed by atoms with Crippen molar-refractivity contribution >= 4 is 21.5 Å². The van der Waals surface area contributed by atoms with E-state index in [0.29, 0.717) is 6.54 Å². The second-order valence-electron chi connectivity index (χ2n) is 7.84. The molecule has 0 spiro atoms. The van der Waals surface area contributed by atoms with Gasteiger partial charge in [0.25, 0.3) is 0 Å². The molecule has 0 aromatic heterocycles. The fourth-order valence-corrected chi connectivity index (χ4v) is 4.20. The summed E-state index contributed by atoms with van der Waals surface area (Å²) in [7, 11) is 0. The molecule has 4 aromatic carbocycles. The van der Waals surface area contributed by atoms with E-state index >= 15 is 0 Å². The SMILES string of the molecule is NCCC=CC(N)(Cc1cccc2ccccc12)Cc1cccc2ccccc12. The van der Waals surface area contributed by atoms with Crippen LogP contribution in [0.1, 0.15) is 17.5 Å². The van der Waals surface area contributed by atoms with Crippen LogP contribution in [0.4, 0.5) is 0 Å². The highest BCUT2D eigenvalue weighted by molar-refractivity contribution is 5.87. The van der Waals surface area contributed by atoms with Crippen molar-refractivity contribution in [2.45, 2.75) is 24.8 Å². The summed E-state index contributed by atoms with van der Waals surface area (Å²) < 4.78 is 0. The minimum Gasteiger partial charge on any atom is -0.330 e. The second kappa shape index (κ2) is 8.60. The van der Waals surface area contributed by atoms with Crippen LogP contribution in [0.3, 0.4) is 0 Å². The van der Waals surface area contributed by atoms with Gasteiger partial charge in [0.2, 0.25) is 0 Å². The monoisotopic (exact) mass is 380 g/mol. The van der Waals surface area contributed by atoms with E-state index in [1.807, 2.05) is 0 Å². The molecule has 2 nitrogen and oxygen atoms in total. The molecule has 4 aromatic rings. The van der Waals surface area contributed by atoms with Crippen molar-refractivity contribution in [1.29, 1.82) is 0 Å². The Morgan fingerprint density at radius 3 is 1.66 bits per heavy atom. The quantitative estimate of drug-likeness (QED) is 0.423. The van der Waals surface area contributed by atoms with E-state index in [9.17, 15) is 0 Å². The maximum absolute atomic E-state index is 7.06. The minimum atomic E-state index is -0.483. The molecule has 0 heterocycles. The van der Waals surface area contributed by atoms with Crippen molar-refractivity contribution in [3.8, 4) is 0 Å². The average Bonchev–Trinajstić information content (AvgIpc) is 2.74. The molecule has 146 valence electrons. The molecule has 0 aliphatic carbocycles. The predicted molar refractivity (Wildman–Crippen MR) is 125 cm³/mol. The Labute approximate surface area is 172 Å². The molecule has 29 heavy (non-hydrogen) atoms. The van der Waals surface area contributed by atoms with Crippen LogP contribution in [0, 0.1) is 0 Å². The Morgan fingerprint density at radius 2 is 1.14 bits per heavy atom. The summed E-state index contributed by atoms with van der Waals surface area (Å²) >= 11 is 0. The Kier molecular flexibility index (Phi) is 5.75. The number of hydrogen-bond donors (Lipinski definition) is 2. The van der Waals surface area contributed by atoms with E-state index in [0.717, 1.165) is 19.3 Å². The molecule has 2 heteroatoms. The van der Waals surface area contributed by atoms with Crippen molar-refractivity contribution in [2.75, 3.05) is 6.54 Å². The summed E-state index contributed by atoms with van der Waals surface area (Å²) in [5.41, 5.74) is 14.9. The van der Waals surface area contributed by atoms with Gasteiger partial charge in [-0.25, -0.2) is 0 Å². The minimum absolute atomic E-state index is 0.483. The lowest BCUT2D eigenvalue weighted by atomic mass is 9.82. The lowest BCUT2D eigenvalue weighted by Gasteiger charge is -2.28. The lowest BCUT2D eigenvalue weighted by Crippen LogP contribution is -2.42. The van der Waals surface area contributed by atoms with Gasteiger partial charge in [-0.1, -0.05) is 97.1 Å². The van der Waals surface area contributed by atoms with E-state index in [1.54, 1.807) is 0 Å². The van der Waals surface area contributed by atoms with Gasteiger partial charge in [-0.15, -0.1) is 0 Å². The third kappa shape index (κ3) is 4.40. The fourth-order valence-electron chi connectivity index (χ4n) is 4.20. The highest BCUT2D eigenvalue weighted by Crippen LogP contribution is 2.28. The average molecular weight is 381 g/mol. The van der Waals surface area contributed by atoms with Crippen molar-refractivity contribution in [3.63, 3.8) is 0 Å². The summed E-state index contributed by atoms with van der Waals surface area (Å²) in [6.07, 6.45) is 6.70. The Hall–Kier alpha value is -2.94. The molecular formula is C27H28N2. The smallest absolute Gasteiger partial charge is 0.0421 e. The molecule has 0 unspecified atom stereocenters. The van der Waals surface area contributed by atoms with E-state index in [-0.39, 0.29) is 0 Å². The van der Waals surface area contributed by atoms with E-state index < -0.39 is 5.54 Å². The molecule has 0 atom stereocenters. The van der Waals surface area contributed by atoms with Gasteiger partial charge in [0.1, 0.15) is 0 Å². The summed E-state index contributed by atoms with van der Waals surface area (Å²) in [5.74, 6) is 0. The zero-order chi connectivity index (χ0) is 20.1. The summed E-state index contributed by atoms with van der Waals surface area (Å²) in [6.45, 7) is 0.634. The molecule has 0 saturated heterocycles. The topological polar surface area (TPSA) is 52.0 Å². The number of nitrogens with two attached hydrogens (primary N) is 2. The van der Waals surface area contributed by atoms with Crippen molar-refractivity contribution < 1.29 is 0 Å². The van der Waals surface area contributed by atoms with E-state index in [1.165, 1.54) is 32.7 Å². The predicted octanol–water partition coefficient (Wildman–Crippen LogP) is 5.38. The van der Waals surface area contributed by atoms with Crippen LogP contribution in [-0.4, -0.2) is 12.1 Å². The van der Waals surface area contributed by atoms with Crippen LogP contribution in [0.5, 0.6) is 0 Å². The van der Waals surface area contributed by atoms with Gasteiger partial charge < -0.3 is 11.5 Å². The number of rotatable bonds is 7. The first-order valence-electron chi connectivity index (χ1n) is 10.3. The van der Waals surface area contributed by atoms with Crippen LogP contribution in [-0.2, 0) is 12.8 Å². The Morgan fingerprint density at radius 1 is 0.655 bits per heavy atom. The van der Waals surface area contributed by atoms with Crippen LogP contribution in [0.25, 0.3) is 21.5 Å². The van der Waals surface area contributed by atoms with Crippen LogP contribution in [0.15, 0.2) is 97.1 Å². The molecule has 4 rings (SSSR count). The lowest BCUT2D eigenvalue weighted by molar-refractivity contribution is 0.523. The van der Waals surface area contributed by atoms with Crippen molar-refractivity contribution in [1.82, 2.24) is 0 Å². The standard InChI is InChI=1S/C27H28N2/c28-18-6-5-17-27(29,19-23-13-7-11-21-9-1-3-15-25(21)23)20-24-14-8-12-22-10-2-4-16-26(22)24/h1-5,7-17H,6,18-20,28-29H2. The third-order valence-electron chi connectivity index (χ3n) is 5.58. The summed E-state index contributed by atoms with van der Waals surface area (Å²) in [6, 6.07) is 30.0. The first kappa shape index (κ1) is 19.4. The molecule has 0 aliphatic rings. The van der Waals surface area contributed by atoms with Crippen LogP contribution < -0.4 is 11.5 Å². The number of fused-ring (bicyclic) bond motifs is 2. The van der Waals surface area contributed by atoms with Gasteiger partial charge in [0, 0.05) is 5.54 Å². The van der Waals surface area contributed by atoms with Gasteiger partial charge in [-0.3, -0.25) is 0 Å². The Bertz CT molecular complexity index is 1050. The van der Waals surface area contributed by atoms with Gasteiger partial charge in [-0.2, -0.15) is 0 Å². The summed E-state index contributed by atoms with van der Waals surface area (Å²) in [4.78, 5) is 0. The van der Waals surface area contributed by atoms with Gasteiger partial charge in [0.15, 0.2) is 0 Å². The molecule has 0 fully saturated rings. The van der Waals surface area contributed by atoms with E-state index in [4.69, 9.17) is 11.5 Å². The van der Waals surface area contributed by atoms with Gasteiger partial charge in [-0.05, 0) is 58.5 Å². The van der Waals surface area contributed by atoms with Crippen molar-refractivity contribution in [2.24, 2.45) is 11.5 Å². The third-order valence-corrected chi connectivity index (χ3v) is 5.58. The highest BCUT2D eigenvalue weighted by atomic mass is 14.7. The molecule has 0 aliphatic heterocycles. The van der Waals surface area contributed by atoms with Crippen LogP contribution >= 0.6 is 0 Å². The fraction of sp³-hybridized carbons (Fsp3) is 0.185. The molecule has 0 saturated carbocycles. The zero-order valence-corrected chi connectivity index (χ0v) is 16.7. The molecule has 0 radical (unpaired) electrons. The first-order chi connectivity index (χ1) is 14.2. The first-order valence-corrected chi connectivity index (χ1v) is 10.3. The van der Waals surface area contributed by atoms with Gasteiger partial charge in [0.05, 0.1) is 0 Å². The highest BCUT2D eigenvalue weighted by Gasteiger charge is 2.24. The molecular weight excluding hydrogens is 352 g/mol. The Balaban J connectivity index is 1.74. The zero-order valence-electron chi connectivity index (χ0n) is 16.7.